The quantitative estimate of drug-likeness (QED) is 0.819. The minimum absolute atomic E-state index is 0.606. The fourth-order valence-corrected chi connectivity index (χ4v) is 2.30. The van der Waals surface area contributed by atoms with Gasteiger partial charge in [-0.3, -0.25) is 0 Å². The number of ether oxygens (including phenoxy) is 2. The van der Waals surface area contributed by atoms with Crippen LogP contribution >= 0.6 is 12.2 Å². The molecule has 0 unspecified atom stereocenters. The smallest absolute Gasteiger partial charge is 0.166 e. The molecule has 1 fully saturated rings. The molecule has 0 aromatic heterocycles. The molecule has 2 N–H and O–H groups in total. The predicted molar refractivity (Wildman–Crippen MR) is 77.9 cm³/mol. The highest BCUT2D eigenvalue weighted by molar-refractivity contribution is 7.80. The molecule has 2 aliphatic rings. The van der Waals surface area contributed by atoms with E-state index < -0.39 is 0 Å². The summed E-state index contributed by atoms with van der Waals surface area (Å²) >= 11 is 5.22. The van der Waals surface area contributed by atoms with Gasteiger partial charge in [0.15, 0.2) is 16.6 Å². The van der Waals surface area contributed by atoms with Crippen LogP contribution in [0.1, 0.15) is 18.4 Å². The summed E-state index contributed by atoms with van der Waals surface area (Å²) in [4.78, 5) is 0. The summed E-state index contributed by atoms with van der Waals surface area (Å²) in [6.07, 6.45) is 3.40. The molecule has 19 heavy (non-hydrogen) atoms. The van der Waals surface area contributed by atoms with Gasteiger partial charge >= 0.3 is 0 Å². The molecule has 0 atom stereocenters. The van der Waals surface area contributed by atoms with Gasteiger partial charge in [-0.15, -0.1) is 0 Å². The molecular weight excluding hydrogens is 260 g/mol. The van der Waals surface area contributed by atoms with Crippen molar-refractivity contribution in [3.05, 3.63) is 23.8 Å². The van der Waals surface area contributed by atoms with Gasteiger partial charge < -0.3 is 20.1 Å². The van der Waals surface area contributed by atoms with E-state index in [0.29, 0.717) is 19.3 Å². The summed E-state index contributed by atoms with van der Waals surface area (Å²) in [5.74, 6) is 1.69. The van der Waals surface area contributed by atoms with Crippen molar-refractivity contribution in [1.29, 1.82) is 0 Å². The maximum atomic E-state index is 5.57. The van der Waals surface area contributed by atoms with Crippen molar-refractivity contribution < 1.29 is 9.47 Å². The Morgan fingerprint density at radius 2 is 2.00 bits per heavy atom. The molecule has 1 aromatic carbocycles. The van der Waals surface area contributed by atoms with Gasteiger partial charge in [0.05, 0.1) is 0 Å². The van der Waals surface area contributed by atoms with E-state index in [1.807, 2.05) is 12.1 Å². The summed E-state index contributed by atoms with van der Waals surface area (Å²) in [6.45, 7) is 2.09. The normalized spacial score (nSPS) is 16.8. The maximum absolute atomic E-state index is 5.57. The second-order valence-corrected chi connectivity index (χ2v) is 5.31. The Labute approximate surface area is 118 Å². The lowest BCUT2D eigenvalue weighted by Crippen LogP contribution is -2.37. The number of fused-ring (bicyclic) bond motifs is 1. The van der Waals surface area contributed by atoms with E-state index in [1.54, 1.807) is 0 Å². The molecule has 0 bridgehead atoms. The van der Waals surface area contributed by atoms with Gasteiger partial charge in [0.1, 0.15) is 13.2 Å². The largest absolute Gasteiger partial charge is 0.486 e. The van der Waals surface area contributed by atoms with Gasteiger partial charge in [-0.05, 0) is 49.2 Å². The minimum atomic E-state index is 0.606. The Morgan fingerprint density at radius 3 is 2.79 bits per heavy atom. The first-order valence-electron chi connectivity index (χ1n) is 6.74. The molecule has 102 valence electrons. The molecule has 3 rings (SSSR count). The van der Waals surface area contributed by atoms with Crippen LogP contribution in [0.25, 0.3) is 0 Å². The van der Waals surface area contributed by atoms with E-state index in [9.17, 15) is 0 Å². The maximum Gasteiger partial charge on any atom is 0.166 e. The van der Waals surface area contributed by atoms with E-state index in [-0.39, 0.29) is 0 Å². The van der Waals surface area contributed by atoms with Crippen LogP contribution in [0.5, 0.6) is 11.5 Å². The van der Waals surface area contributed by atoms with Crippen molar-refractivity contribution in [3.8, 4) is 11.5 Å². The highest BCUT2D eigenvalue weighted by Gasteiger charge is 2.21. The monoisotopic (exact) mass is 278 g/mol. The first kappa shape index (κ1) is 12.5. The molecule has 1 heterocycles. The highest BCUT2D eigenvalue weighted by Crippen LogP contribution is 2.30. The lowest BCUT2D eigenvalue weighted by atomic mass is 10.1. The first-order valence-corrected chi connectivity index (χ1v) is 7.15. The van der Waals surface area contributed by atoms with Crippen molar-refractivity contribution in [2.24, 2.45) is 0 Å². The number of rotatable bonds is 4. The van der Waals surface area contributed by atoms with E-state index in [1.165, 1.54) is 18.4 Å². The summed E-state index contributed by atoms with van der Waals surface area (Å²) in [5.41, 5.74) is 1.23. The van der Waals surface area contributed by atoms with Gasteiger partial charge in [-0.2, -0.15) is 0 Å². The van der Waals surface area contributed by atoms with Crippen LogP contribution in [0.4, 0.5) is 0 Å². The predicted octanol–water partition coefficient (Wildman–Crippen LogP) is 1.63. The molecule has 1 saturated carbocycles. The number of nitrogens with one attached hydrogen (secondary N) is 2. The zero-order valence-corrected chi connectivity index (χ0v) is 11.6. The fourth-order valence-electron chi connectivity index (χ4n) is 2.03. The second kappa shape index (κ2) is 5.65. The molecule has 5 heteroatoms. The van der Waals surface area contributed by atoms with Crippen molar-refractivity contribution in [2.45, 2.75) is 25.3 Å². The highest BCUT2D eigenvalue weighted by atomic mass is 32.1. The Bertz CT molecular complexity index is 475. The van der Waals surface area contributed by atoms with Crippen molar-refractivity contribution in [1.82, 2.24) is 10.6 Å². The molecule has 1 aliphatic carbocycles. The molecule has 1 aliphatic heterocycles. The summed E-state index contributed by atoms with van der Waals surface area (Å²) in [5, 5.41) is 7.26. The van der Waals surface area contributed by atoms with Gasteiger partial charge in [0.25, 0.3) is 0 Å². The van der Waals surface area contributed by atoms with Gasteiger partial charge in [-0.25, -0.2) is 0 Å². The van der Waals surface area contributed by atoms with Gasteiger partial charge in [0, 0.05) is 12.6 Å². The Kier molecular flexibility index (Phi) is 3.73. The van der Waals surface area contributed by atoms with Gasteiger partial charge in [0.2, 0.25) is 0 Å². The first-order chi connectivity index (χ1) is 9.31. The van der Waals surface area contributed by atoms with E-state index in [0.717, 1.165) is 29.6 Å². The molecule has 1 aromatic rings. The standard InChI is InChI=1S/C14H18N2O2S/c19-14(16-11-2-3-11)15-6-5-10-1-4-12-13(9-10)18-8-7-17-12/h1,4,9,11H,2-3,5-8H2,(H2,15,16,19). The molecule has 4 nitrogen and oxygen atoms in total. The Hall–Kier alpha value is -1.49. The molecular formula is C14H18N2O2S. The average molecular weight is 278 g/mol. The third-order valence-corrected chi connectivity index (χ3v) is 3.48. The molecule has 0 amide bonds. The minimum Gasteiger partial charge on any atom is -0.486 e. The zero-order valence-electron chi connectivity index (χ0n) is 10.8. The summed E-state index contributed by atoms with van der Waals surface area (Å²) in [6, 6.07) is 6.71. The lowest BCUT2D eigenvalue weighted by molar-refractivity contribution is 0.171. The Morgan fingerprint density at radius 1 is 1.21 bits per heavy atom. The van der Waals surface area contributed by atoms with Crippen LogP contribution in [0.2, 0.25) is 0 Å². The van der Waals surface area contributed by atoms with Crippen LogP contribution in [-0.2, 0) is 6.42 Å². The van der Waals surface area contributed by atoms with E-state index >= 15 is 0 Å². The molecule has 0 radical (unpaired) electrons. The average Bonchev–Trinajstić information content (AvgIpc) is 3.22. The third kappa shape index (κ3) is 3.50. The SMILES string of the molecule is S=C(NCCc1ccc2c(c1)OCCO2)NC1CC1. The van der Waals surface area contributed by atoms with Gasteiger partial charge in [-0.1, -0.05) is 6.07 Å². The lowest BCUT2D eigenvalue weighted by Gasteiger charge is -2.19. The number of hydrogen-bond acceptors (Lipinski definition) is 3. The number of hydrogen-bond donors (Lipinski definition) is 2. The van der Waals surface area contributed by atoms with Crippen molar-refractivity contribution >= 4 is 17.3 Å². The van der Waals surface area contributed by atoms with Crippen molar-refractivity contribution in [3.63, 3.8) is 0 Å². The summed E-state index contributed by atoms with van der Waals surface area (Å²) < 4.78 is 11.1. The van der Waals surface area contributed by atoms with Crippen LogP contribution in [-0.4, -0.2) is 30.9 Å². The van der Waals surface area contributed by atoms with E-state index in [2.05, 4.69) is 16.7 Å². The topological polar surface area (TPSA) is 42.5 Å². The number of benzene rings is 1. The third-order valence-electron chi connectivity index (χ3n) is 3.22. The molecule has 0 spiro atoms. The van der Waals surface area contributed by atoms with Crippen LogP contribution in [0, 0.1) is 0 Å². The Balaban J connectivity index is 1.47. The zero-order chi connectivity index (χ0) is 13.1. The second-order valence-electron chi connectivity index (χ2n) is 4.90. The van der Waals surface area contributed by atoms with Crippen LogP contribution in [0.3, 0.4) is 0 Å². The number of thiocarbonyl (C=S) groups is 1. The van der Waals surface area contributed by atoms with Crippen molar-refractivity contribution in [2.75, 3.05) is 19.8 Å². The fraction of sp³-hybridized carbons (Fsp3) is 0.500. The summed E-state index contributed by atoms with van der Waals surface area (Å²) in [7, 11) is 0. The van der Waals surface area contributed by atoms with Crippen LogP contribution in [0.15, 0.2) is 18.2 Å². The van der Waals surface area contributed by atoms with E-state index in [4.69, 9.17) is 21.7 Å². The molecule has 0 saturated heterocycles. The van der Waals surface area contributed by atoms with Crippen LogP contribution < -0.4 is 20.1 Å².